The van der Waals surface area contributed by atoms with E-state index in [1.807, 2.05) is 20.8 Å². The molecule has 72 valence electrons. The maximum absolute atomic E-state index is 10.2. The number of rotatable bonds is 0. The summed E-state index contributed by atoms with van der Waals surface area (Å²) in [6.45, 7) is 6.93. The molecular weight excluding hydrogens is 140 g/mol. The van der Waals surface area contributed by atoms with Crippen LogP contribution < -0.4 is 0 Å². The molecule has 0 saturated carbocycles. The molecule has 0 bridgehead atoms. The van der Waals surface area contributed by atoms with Crippen LogP contribution in [0.25, 0.3) is 0 Å². The minimum Gasteiger partial charge on any atom is -0.460 e. The molecule has 0 radical (unpaired) electrons. The van der Waals surface area contributed by atoms with Crippen molar-refractivity contribution in [3.05, 3.63) is 0 Å². The van der Waals surface area contributed by atoms with Crippen molar-refractivity contribution in [3.8, 4) is 0 Å². The third-order valence-corrected chi connectivity index (χ3v) is 0.450. The van der Waals surface area contributed by atoms with Crippen LogP contribution in [0.1, 0.15) is 50.0 Å². The molecule has 0 aromatic rings. The third-order valence-electron chi connectivity index (χ3n) is 0.450. The number of carbonyl (C=O) groups is 1. The van der Waals surface area contributed by atoms with Crippen molar-refractivity contribution in [2.24, 2.45) is 0 Å². The number of esters is 1. The van der Waals surface area contributed by atoms with Gasteiger partial charge in [0.05, 0.1) is 0 Å². The highest BCUT2D eigenvalue weighted by Crippen LogP contribution is 2.05. The summed E-state index contributed by atoms with van der Waals surface area (Å²) >= 11 is 0. The van der Waals surface area contributed by atoms with Crippen molar-refractivity contribution >= 4 is 5.97 Å². The summed E-state index contributed by atoms with van der Waals surface area (Å²) in [5.74, 6) is -0.225. The molecule has 2 heteroatoms. The van der Waals surface area contributed by atoms with Gasteiger partial charge >= 0.3 is 5.97 Å². The highest BCUT2D eigenvalue weighted by atomic mass is 16.6. The van der Waals surface area contributed by atoms with Crippen molar-refractivity contribution < 1.29 is 9.53 Å². The number of hydrogen-bond acceptors (Lipinski definition) is 2. The molecule has 0 unspecified atom stereocenters. The predicted octanol–water partition coefficient (Wildman–Crippen LogP) is 3.26. The smallest absolute Gasteiger partial charge is 0.303 e. The lowest BCUT2D eigenvalue weighted by Crippen LogP contribution is -2.21. The van der Waals surface area contributed by atoms with Crippen LogP contribution in [0, 0.1) is 0 Å². The molecule has 0 aliphatic carbocycles. The normalized spacial score (nSPS) is 8.00. The van der Waals surface area contributed by atoms with Crippen molar-refractivity contribution in [1.29, 1.82) is 0 Å². The lowest BCUT2D eigenvalue weighted by atomic mass is 10.2. The lowest BCUT2D eigenvalue weighted by molar-refractivity contribution is -0.151. The molecule has 0 N–H and O–H groups in total. The average molecular weight is 164 g/mol. The summed E-state index contributed by atoms with van der Waals surface area (Å²) in [4.78, 5) is 10.2. The van der Waals surface area contributed by atoms with Crippen LogP contribution in [0.2, 0.25) is 0 Å². The summed E-state index contributed by atoms with van der Waals surface area (Å²) in [5, 5.41) is 0. The van der Waals surface area contributed by atoms with Crippen LogP contribution in [0.3, 0.4) is 0 Å². The molecule has 0 aromatic carbocycles. The van der Waals surface area contributed by atoms with Gasteiger partial charge in [-0.05, 0) is 20.8 Å². The summed E-state index contributed by atoms with van der Waals surface area (Å²) in [5.41, 5.74) is -0.328. The molecule has 0 heterocycles. The van der Waals surface area contributed by atoms with Gasteiger partial charge in [0, 0.05) is 6.92 Å². The van der Waals surface area contributed by atoms with E-state index < -0.39 is 0 Å². The van der Waals surface area contributed by atoms with Crippen molar-refractivity contribution in [2.75, 3.05) is 0 Å². The maximum atomic E-state index is 10.2. The minimum absolute atomic E-state index is 0. The molecule has 2 nitrogen and oxygen atoms in total. The number of ether oxygens (including phenoxy) is 1. The fraction of sp³-hybridized carbons (Fsp3) is 0.889. The molecule has 0 aromatic heterocycles. The maximum Gasteiger partial charge on any atom is 0.303 e. The minimum atomic E-state index is -0.328. The van der Waals surface area contributed by atoms with E-state index in [2.05, 4.69) is 0 Å². The van der Waals surface area contributed by atoms with Gasteiger partial charge in [0.1, 0.15) is 5.60 Å². The van der Waals surface area contributed by atoms with Crippen LogP contribution >= 0.6 is 0 Å². The van der Waals surface area contributed by atoms with Gasteiger partial charge in [-0.25, -0.2) is 0 Å². The Labute approximate surface area is 72.0 Å². The molecule has 0 aliphatic heterocycles. The first kappa shape index (κ1) is 22.4. The Morgan fingerprint density at radius 2 is 1.36 bits per heavy atom. The van der Waals surface area contributed by atoms with Gasteiger partial charge < -0.3 is 4.74 Å². The van der Waals surface area contributed by atoms with E-state index in [0.717, 1.165) is 0 Å². The monoisotopic (exact) mass is 164 g/mol. The SMILES string of the molecule is C.C.C.CC(=O)OC(C)(C)C. The molecule has 0 atom stereocenters. The van der Waals surface area contributed by atoms with E-state index in [4.69, 9.17) is 4.74 Å². The molecule has 0 rings (SSSR count). The fourth-order valence-corrected chi connectivity index (χ4v) is 0.431. The topological polar surface area (TPSA) is 26.3 Å². The fourth-order valence-electron chi connectivity index (χ4n) is 0.431. The zero-order chi connectivity index (χ0) is 6.78. The first-order chi connectivity index (χ1) is 3.42. The molecule has 11 heavy (non-hydrogen) atoms. The van der Waals surface area contributed by atoms with Gasteiger partial charge in [0.2, 0.25) is 0 Å². The van der Waals surface area contributed by atoms with E-state index in [1.54, 1.807) is 0 Å². The molecule has 0 saturated heterocycles. The Bertz CT molecular complexity index is 90.2. The Balaban J connectivity index is -0.0000000817. The molecule has 0 amide bonds. The first-order valence-electron chi connectivity index (χ1n) is 2.61. The van der Waals surface area contributed by atoms with E-state index in [0.29, 0.717) is 0 Å². The van der Waals surface area contributed by atoms with Gasteiger partial charge in [0.25, 0.3) is 0 Å². The summed E-state index contributed by atoms with van der Waals surface area (Å²) in [6.07, 6.45) is 0. The third kappa shape index (κ3) is 26.4. The second-order valence-corrected chi connectivity index (χ2v) is 2.71. The number of carbonyl (C=O) groups excluding carboxylic acids is 1. The highest BCUT2D eigenvalue weighted by molar-refractivity contribution is 5.66. The van der Waals surface area contributed by atoms with Crippen LogP contribution in [0.5, 0.6) is 0 Å². The Morgan fingerprint density at radius 1 is 1.09 bits per heavy atom. The zero-order valence-corrected chi connectivity index (χ0v) is 5.82. The second-order valence-electron chi connectivity index (χ2n) is 2.71. The molecule has 0 fully saturated rings. The van der Waals surface area contributed by atoms with Crippen LogP contribution in [0.15, 0.2) is 0 Å². The summed E-state index contributed by atoms with van der Waals surface area (Å²) < 4.78 is 4.80. The highest BCUT2D eigenvalue weighted by Gasteiger charge is 2.11. The Kier molecular flexibility index (Phi) is 15.4. The van der Waals surface area contributed by atoms with Crippen molar-refractivity contribution in [2.45, 2.75) is 55.6 Å². The Morgan fingerprint density at radius 3 is 1.36 bits per heavy atom. The van der Waals surface area contributed by atoms with Gasteiger partial charge in [-0.2, -0.15) is 0 Å². The van der Waals surface area contributed by atoms with Crippen molar-refractivity contribution in [1.82, 2.24) is 0 Å². The average Bonchev–Trinajstić information content (AvgIpc) is 1.21. The quantitative estimate of drug-likeness (QED) is 0.514. The molecule has 0 spiro atoms. The second kappa shape index (κ2) is 7.58. The van der Waals surface area contributed by atoms with Gasteiger partial charge in [0.15, 0.2) is 0 Å². The predicted molar refractivity (Wildman–Crippen MR) is 51.7 cm³/mol. The first-order valence-corrected chi connectivity index (χ1v) is 2.61. The van der Waals surface area contributed by atoms with Crippen molar-refractivity contribution in [3.63, 3.8) is 0 Å². The van der Waals surface area contributed by atoms with Gasteiger partial charge in [-0.3, -0.25) is 4.79 Å². The van der Waals surface area contributed by atoms with Gasteiger partial charge in [-0.15, -0.1) is 0 Å². The largest absolute Gasteiger partial charge is 0.460 e. The standard InChI is InChI=1S/C6H12O2.3CH4/c1-5(7)8-6(2,3)4;;;/h1-4H3;3*1H4. The van der Waals surface area contributed by atoms with Crippen LogP contribution in [-0.2, 0) is 9.53 Å². The lowest BCUT2D eigenvalue weighted by Gasteiger charge is -2.17. The summed E-state index contributed by atoms with van der Waals surface area (Å²) in [7, 11) is 0. The Hall–Kier alpha value is -0.530. The van der Waals surface area contributed by atoms with Crippen LogP contribution in [0.4, 0.5) is 0 Å². The van der Waals surface area contributed by atoms with E-state index >= 15 is 0 Å². The van der Waals surface area contributed by atoms with E-state index in [9.17, 15) is 4.79 Å². The molecule has 0 aliphatic rings. The van der Waals surface area contributed by atoms with Crippen LogP contribution in [-0.4, -0.2) is 11.6 Å². The van der Waals surface area contributed by atoms with E-state index in [-0.39, 0.29) is 33.9 Å². The summed E-state index contributed by atoms with van der Waals surface area (Å²) in [6, 6.07) is 0. The zero-order valence-electron chi connectivity index (χ0n) is 5.82. The molecular formula is C9H24O2. The number of hydrogen-bond donors (Lipinski definition) is 0. The van der Waals surface area contributed by atoms with Gasteiger partial charge in [-0.1, -0.05) is 22.3 Å². The van der Waals surface area contributed by atoms with E-state index in [1.165, 1.54) is 6.92 Å².